The van der Waals surface area contributed by atoms with Gasteiger partial charge >= 0.3 is 5.97 Å². The molecule has 0 radical (unpaired) electrons. The van der Waals surface area contributed by atoms with Crippen molar-refractivity contribution in [3.63, 3.8) is 0 Å². The number of carbonyl (C=O) groups is 4. The standard InChI is InChI=1S/C22H19BrN2O5/c1-3-10-25-20(27)17-9-6-15(11-18(17)21(25)28)22(29)30-13-19(26)24(2)12-14-4-7-16(23)8-5-14/h3-9,11H,1,10,12-13H2,2H3. The number of carbonyl (C=O) groups excluding carboxylic acids is 4. The van der Waals surface area contributed by atoms with Gasteiger partial charge < -0.3 is 9.64 Å². The fraction of sp³-hybridized carbons (Fsp3) is 0.182. The second kappa shape index (κ2) is 9.04. The summed E-state index contributed by atoms with van der Waals surface area (Å²) in [5.74, 6) is -2.03. The van der Waals surface area contributed by atoms with Gasteiger partial charge in [0, 0.05) is 24.6 Å². The monoisotopic (exact) mass is 470 g/mol. The first-order valence-corrected chi connectivity index (χ1v) is 9.87. The lowest BCUT2D eigenvalue weighted by molar-refractivity contribution is -0.133. The minimum absolute atomic E-state index is 0.0886. The maximum atomic E-state index is 12.4. The number of hydrogen-bond acceptors (Lipinski definition) is 5. The summed E-state index contributed by atoms with van der Waals surface area (Å²) in [6.07, 6.45) is 1.45. The Morgan fingerprint density at radius 3 is 2.43 bits per heavy atom. The van der Waals surface area contributed by atoms with Crippen molar-refractivity contribution >= 4 is 39.6 Å². The van der Waals surface area contributed by atoms with Crippen LogP contribution in [0.1, 0.15) is 36.6 Å². The Hall–Kier alpha value is -3.26. The maximum Gasteiger partial charge on any atom is 0.338 e. The second-order valence-corrected chi connectivity index (χ2v) is 7.64. The highest BCUT2D eigenvalue weighted by atomic mass is 79.9. The normalized spacial score (nSPS) is 12.5. The Morgan fingerprint density at radius 2 is 1.77 bits per heavy atom. The summed E-state index contributed by atoms with van der Waals surface area (Å²) in [5, 5.41) is 0. The van der Waals surface area contributed by atoms with E-state index >= 15 is 0 Å². The highest BCUT2D eigenvalue weighted by molar-refractivity contribution is 9.10. The first-order valence-electron chi connectivity index (χ1n) is 9.08. The molecule has 1 aliphatic heterocycles. The third-order valence-corrected chi connectivity index (χ3v) is 5.13. The molecule has 1 heterocycles. The predicted molar refractivity (Wildman–Crippen MR) is 113 cm³/mol. The highest BCUT2D eigenvalue weighted by Crippen LogP contribution is 2.24. The molecule has 1 aliphatic rings. The SMILES string of the molecule is C=CCN1C(=O)c2ccc(C(=O)OCC(=O)N(C)Cc3ccc(Br)cc3)cc2C1=O. The Morgan fingerprint density at radius 1 is 1.10 bits per heavy atom. The first-order chi connectivity index (χ1) is 14.3. The van der Waals surface area contributed by atoms with Crippen molar-refractivity contribution < 1.29 is 23.9 Å². The van der Waals surface area contributed by atoms with Gasteiger partial charge in [0.05, 0.1) is 16.7 Å². The van der Waals surface area contributed by atoms with E-state index in [1.54, 1.807) is 7.05 Å². The summed E-state index contributed by atoms with van der Waals surface area (Å²) in [4.78, 5) is 51.7. The van der Waals surface area contributed by atoms with Crippen molar-refractivity contribution in [1.82, 2.24) is 9.80 Å². The van der Waals surface area contributed by atoms with E-state index in [1.807, 2.05) is 24.3 Å². The molecule has 8 heteroatoms. The summed E-state index contributed by atoms with van der Waals surface area (Å²) in [7, 11) is 1.62. The van der Waals surface area contributed by atoms with Crippen LogP contribution in [0, 0.1) is 0 Å². The number of benzene rings is 2. The van der Waals surface area contributed by atoms with Gasteiger partial charge in [0.2, 0.25) is 0 Å². The van der Waals surface area contributed by atoms with Gasteiger partial charge in [0.25, 0.3) is 17.7 Å². The van der Waals surface area contributed by atoms with Gasteiger partial charge in [-0.05, 0) is 35.9 Å². The lowest BCUT2D eigenvalue weighted by Crippen LogP contribution is -2.30. The van der Waals surface area contributed by atoms with Gasteiger partial charge in [-0.25, -0.2) is 4.79 Å². The van der Waals surface area contributed by atoms with Gasteiger partial charge in [-0.2, -0.15) is 0 Å². The number of imide groups is 1. The van der Waals surface area contributed by atoms with Crippen molar-refractivity contribution in [2.75, 3.05) is 20.2 Å². The molecule has 7 nitrogen and oxygen atoms in total. The molecule has 0 aromatic heterocycles. The number of nitrogens with zero attached hydrogens (tertiary/aromatic N) is 2. The van der Waals surface area contributed by atoms with Crippen LogP contribution in [0.4, 0.5) is 0 Å². The molecular weight excluding hydrogens is 452 g/mol. The third-order valence-electron chi connectivity index (χ3n) is 4.60. The molecule has 3 amide bonds. The van der Waals surface area contributed by atoms with Gasteiger partial charge in [-0.1, -0.05) is 34.1 Å². The molecule has 0 saturated heterocycles. The van der Waals surface area contributed by atoms with Crippen LogP contribution in [0.3, 0.4) is 0 Å². The van der Waals surface area contributed by atoms with Gasteiger partial charge in [-0.3, -0.25) is 19.3 Å². The number of fused-ring (bicyclic) bond motifs is 1. The molecular formula is C22H19BrN2O5. The fourth-order valence-corrected chi connectivity index (χ4v) is 3.25. The quantitative estimate of drug-likeness (QED) is 0.352. The van der Waals surface area contributed by atoms with Crippen molar-refractivity contribution in [3.8, 4) is 0 Å². The van der Waals surface area contributed by atoms with E-state index in [1.165, 1.54) is 29.2 Å². The van der Waals surface area contributed by atoms with Crippen LogP contribution in [0.5, 0.6) is 0 Å². The van der Waals surface area contributed by atoms with Gasteiger partial charge in [0.15, 0.2) is 6.61 Å². The zero-order valence-corrected chi connectivity index (χ0v) is 17.8. The summed E-state index contributed by atoms with van der Waals surface area (Å²) >= 11 is 3.36. The Kier molecular flexibility index (Phi) is 6.47. The van der Waals surface area contributed by atoms with Crippen LogP contribution >= 0.6 is 15.9 Å². The van der Waals surface area contributed by atoms with E-state index in [9.17, 15) is 19.2 Å². The van der Waals surface area contributed by atoms with Crippen molar-refractivity contribution in [3.05, 3.63) is 81.8 Å². The number of esters is 1. The van der Waals surface area contributed by atoms with E-state index in [0.717, 1.165) is 14.9 Å². The molecule has 0 saturated carbocycles. The molecule has 3 rings (SSSR count). The van der Waals surface area contributed by atoms with Crippen LogP contribution < -0.4 is 0 Å². The Bertz CT molecular complexity index is 1030. The lowest BCUT2D eigenvalue weighted by Gasteiger charge is -2.17. The average molecular weight is 471 g/mol. The molecule has 2 aromatic rings. The topological polar surface area (TPSA) is 84.0 Å². The first kappa shape index (κ1) is 21.4. The Balaban J connectivity index is 1.61. The van der Waals surface area contributed by atoms with E-state index in [-0.39, 0.29) is 29.1 Å². The molecule has 0 spiro atoms. The minimum atomic E-state index is -0.745. The number of likely N-dealkylation sites (N-methyl/N-ethyl adjacent to an activating group) is 1. The summed E-state index contributed by atoms with van der Waals surface area (Å²) in [5.41, 5.74) is 1.39. The molecule has 0 fully saturated rings. The number of halogens is 1. The molecule has 0 bridgehead atoms. The number of ether oxygens (including phenoxy) is 1. The van der Waals surface area contributed by atoms with Gasteiger partial charge in [0.1, 0.15) is 0 Å². The average Bonchev–Trinajstić information content (AvgIpc) is 2.98. The molecule has 154 valence electrons. The van der Waals surface area contributed by atoms with E-state index in [4.69, 9.17) is 4.74 Å². The van der Waals surface area contributed by atoms with E-state index in [0.29, 0.717) is 6.54 Å². The summed E-state index contributed by atoms with van der Waals surface area (Å²) < 4.78 is 6.04. The van der Waals surface area contributed by atoms with Crippen LogP contribution in [-0.4, -0.2) is 53.7 Å². The van der Waals surface area contributed by atoms with Crippen LogP contribution in [0.15, 0.2) is 59.6 Å². The molecule has 30 heavy (non-hydrogen) atoms. The Labute approximate surface area is 182 Å². The van der Waals surface area contributed by atoms with Crippen LogP contribution in [0.25, 0.3) is 0 Å². The third kappa shape index (κ3) is 4.49. The number of hydrogen-bond donors (Lipinski definition) is 0. The van der Waals surface area contributed by atoms with Crippen molar-refractivity contribution in [2.24, 2.45) is 0 Å². The molecule has 0 unspecified atom stereocenters. The number of rotatable bonds is 7. The van der Waals surface area contributed by atoms with Crippen LogP contribution in [0.2, 0.25) is 0 Å². The number of amides is 3. The minimum Gasteiger partial charge on any atom is -0.452 e. The largest absolute Gasteiger partial charge is 0.452 e. The highest BCUT2D eigenvalue weighted by Gasteiger charge is 2.35. The predicted octanol–water partition coefficient (Wildman–Crippen LogP) is 3.05. The fourth-order valence-electron chi connectivity index (χ4n) is 2.99. The van der Waals surface area contributed by atoms with Crippen molar-refractivity contribution in [2.45, 2.75) is 6.54 Å². The second-order valence-electron chi connectivity index (χ2n) is 6.72. The van der Waals surface area contributed by atoms with E-state index in [2.05, 4.69) is 22.5 Å². The summed E-state index contributed by atoms with van der Waals surface area (Å²) in [6, 6.07) is 11.7. The maximum absolute atomic E-state index is 12.4. The lowest BCUT2D eigenvalue weighted by atomic mass is 10.1. The summed E-state index contributed by atoms with van der Waals surface area (Å²) in [6.45, 7) is 3.56. The zero-order valence-electron chi connectivity index (χ0n) is 16.3. The van der Waals surface area contributed by atoms with Crippen LogP contribution in [-0.2, 0) is 16.1 Å². The molecule has 0 aliphatic carbocycles. The van der Waals surface area contributed by atoms with E-state index < -0.39 is 24.4 Å². The van der Waals surface area contributed by atoms with Crippen molar-refractivity contribution in [1.29, 1.82) is 0 Å². The van der Waals surface area contributed by atoms with Gasteiger partial charge in [-0.15, -0.1) is 6.58 Å². The molecule has 2 aromatic carbocycles. The zero-order chi connectivity index (χ0) is 21.8. The smallest absolute Gasteiger partial charge is 0.338 e. The molecule has 0 atom stereocenters. The molecule has 0 N–H and O–H groups in total.